The zero-order valence-corrected chi connectivity index (χ0v) is 9.73. The number of aryl methyl sites for hydroxylation is 1. The van der Waals surface area contributed by atoms with E-state index >= 15 is 0 Å². The Morgan fingerprint density at radius 3 is 2.76 bits per heavy atom. The number of nitrogens with zero attached hydrogens (tertiary/aromatic N) is 1. The summed E-state index contributed by atoms with van der Waals surface area (Å²) in [5, 5.41) is 11.8. The van der Waals surface area contributed by atoms with Crippen LogP contribution in [-0.4, -0.2) is 11.9 Å². The van der Waals surface area contributed by atoms with E-state index in [2.05, 4.69) is 5.32 Å². The Labute approximate surface area is 101 Å². The Hall–Kier alpha value is -2.08. The lowest BCUT2D eigenvalue weighted by Gasteiger charge is -2.03. The second-order valence-corrected chi connectivity index (χ2v) is 4.27. The minimum Gasteiger partial charge on any atom is -0.349 e. The SMILES string of the molecule is Cc1ccccc1/C=C(\C#N)C(=O)NC1CC1. The van der Waals surface area contributed by atoms with Crippen molar-refractivity contribution in [3.63, 3.8) is 0 Å². The maximum Gasteiger partial charge on any atom is 0.262 e. The molecule has 1 fully saturated rings. The van der Waals surface area contributed by atoms with E-state index in [-0.39, 0.29) is 17.5 Å². The molecule has 1 amide bonds. The molecule has 1 aliphatic rings. The average molecular weight is 226 g/mol. The summed E-state index contributed by atoms with van der Waals surface area (Å²) in [5.74, 6) is -0.266. The first kappa shape index (κ1) is 11.4. The van der Waals surface area contributed by atoms with Gasteiger partial charge in [-0.2, -0.15) is 5.26 Å². The van der Waals surface area contributed by atoms with Crippen LogP contribution in [0.1, 0.15) is 24.0 Å². The van der Waals surface area contributed by atoms with E-state index in [0.717, 1.165) is 24.0 Å². The van der Waals surface area contributed by atoms with Gasteiger partial charge in [-0.3, -0.25) is 4.79 Å². The lowest BCUT2D eigenvalue weighted by molar-refractivity contribution is -0.117. The number of nitriles is 1. The van der Waals surface area contributed by atoms with Gasteiger partial charge in [-0.15, -0.1) is 0 Å². The molecule has 0 atom stereocenters. The molecule has 3 heteroatoms. The molecule has 1 aromatic carbocycles. The molecule has 0 aromatic heterocycles. The first-order valence-electron chi connectivity index (χ1n) is 5.69. The molecule has 0 heterocycles. The van der Waals surface area contributed by atoms with Crippen LogP contribution in [0.4, 0.5) is 0 Å². The third-order valence-corrected chi connectivity index (χ3v) is 2.77. The quantitative estimate of drug-likeness (QED) is 0.634. The van der Waals surface area contributed by atoms with Crippen molar-refractivity contribution in [3.8, 4) is 6.07 Å². The van der Waals surface area contributed by atoms with E-state index in [9.17, 15) is 4.79 Å². The van der Waals surface area contributed by atoms with Gasteiger partial charge in [0.1, 0.15) is 11.6 Å². The smallest absolute Gasteiger partial charge is 0.262 e. The molecule has 0 spiro atoms. The van der Waals surface area contributed by atoms with Gasteiger partial charge < -0.3 is 5.32 Å². The van der Waals surface area contributed by atoms with Crippen molar-refractivity contribution in [2.75, 3.05) is 0 Å². The number of rotatable bonds is 3. The van der Waals surface area contributed by atoms with Gasteiger partial charge >= 0.3 is 0 Å². The number of nitrogens with one attached hydrogen (secondary N) is 1. The Balaban J connectivity index is 2.20. The monoisotopic (exact) mass is 226 g/mol. The molecule has 0 saturated heterocycles. The topological polar surface area (TPSA) is 52.9 Å². The van der Waals surface area contributed by atoms with Crippen molar-refractivity contribution in [2.45, 2.75) is 25.8 Å². The van der Waals surface area contributed by atoms with Gasteiger partial charge in [0.2, 0.25) is 0 Å². The zero-order chi connectivity index (χ0) is 12.3. The normalized spacial score (nSPS) is 15.2. The maximum atomic E-state index is 11.7. The first-order chi connectivity index (χ1) is 8.20. The van der Waals surface area contributed by atoms with E-state index in [1.807, 2.05) is 37.3 Å². The van der Waals surface area contributed by atoms with Crippen LogP contribution < -0.4 is 5.32 Å². The Morgan fingerprint density at radius 1 is 1.47 bits per heavy atom. The molecule has 86 valence electrons. The minimum atomic E-state index is -0.266. The van der Waals surface area contributed by atoms with E-state index in [1.54, 1.807) is 6.08 Å². The highest BCUT2D eigenvalue weighted by Gasteiger charge is 2.24. The number of amides is 1. The van der Waals surface area contributed by atoms with Crippen molar-refractivity contribution in [2.24, 2.45) is 0 Å². The van der Waals surface area contributed by atoms with Crippen molar-refractivity contribution < 1.29 is 4.79 Å². The van der Waals surface area contributed by atoms with Crippen LogP contribution in [0, 0.1) is 18.3 Å². The molecular weight excluding hydrogens is 212 g/mol. The fourth-order valence-corrected chi connectivity index (χ4v) is 1.54. The standard InChI is InChI=1S/C14H14N2O/c1-10-4-2-3-5-11(10)8-12(9-15)14(17)16-13-6-7-13/h2-5,8,13H,6-7H2,1H3,(H,16,17)/b12-8+. The molecule has 2 rings (SSSR count). The van der Waals surface area contributed by atoms with Crippen molar-refractivity contribution in [1.82, 2.24) is 5.32 Å². The highest BCUT2D eigenvalue weighted by molar-refractivity contribution is 6.02. The van der Waals surface area contributed by atoms with E-state index in [4.69, 9.17) is 5.26 Å². The molecule has 0 aliphatic heterocycles. The molecule has 17 heavy (non-hydrogen) atoms. The molecule has 1 saturated carbocycles. The number of hydrogen-bond donors (Lipinski definition) is 1. The van der Waals surface area contributed by atoms with Crippen LogP contribution in [0.15, 0.2) is 29.8 Å². The van der Waals surface area contributed by atoms with Gasteiger partial charge in [-0.05, 0) is 37.0 Å². The summed E-state index contributed by atoms with van der Waals surface area (Å²) in [6.45, 7) is 1.96. The summed E-state index contributed by atoms with van der Waals surface area (Å²) in [4.78, 5) is 11.7. The maximum absolute atomic E-state index is 11.7. The van der Waals surface area contributed by atoms with Gasteiger partial charge in [0, 0.05) is 6.04 Å². The molecule has 1 aliphatic carbocycles. The summed E-state index contributed by atoms with van der Waals surface area (Å²) in [5.41, 5.74) is 2.14. The first-order valence-corrected chi connectivity index (χ1v) is 5.69. The Bertz CT molecular complexity index is 507. The van der Waals surface area contributed by atoms with Crippen LogP contribution in [0.25, 0.3) is 6.08 Å². The fourth-order valence-electron chi connectivity index (χ4n) is 1.54. The van der Waals surface area contributed by atoms with Crippen molar-refractivity contribution in [3.05, 3.63) is 41.0 Å². The molecule has 0 radical (unpaired) electrons. The van der Waals surface area contributed by atoms with Crippen LogP contribution in [0.5, 0.6) is 0 Å². The predicted octanol–water partition coefficient (Wildman–Crippen LogP) is 2.18. The van der Waals surface area contributed by atoms with Gasteiger partial charge in [-0.1, -0.05) is 24.3 Å². The second-order valence-electron chi connectivity index (χ2n) is 4.27. The minimum absolute atomic E-state index is 0.172. The van der Waals surface area contributed by atoms with E-state index in [1.165, 1.54) is 0 Å². The molecule has 0 bridgehead atoms. The van der Waals surface area contributed by atoms with Gasteiger partial charge in [-0.25, -0.2) is 0 Å². The van der Waals surface area contributed by atoms with Crippen molar-refractivity contribution >= 4 is 12.0 Å². The number of carbonyl (C=O) groups is 1. The summed E-state index contributed by atoms with van der Waals surface area (Å²) < 4.78 is 0. The number of hydrogen-bond acceptors (Lipinski definition) is 2. The highest BCUT2D eigenvalue weighted by Crippen LogP contribution is 2.19. The van der Waals surface area contributed by atoms with Gasteiger partial charge in [0.25, 0.3) is 5.91 Å². The summed E-state index contributed by atoms with van der Waals surface area (Å²) in [7, 11) is 0. The number of carbonyl (C=O) groups excluding carboxylic acids is 1. The number of benzene rings is 1. The fraction of sp³-hybridized carbons (Fsp3) is 0.286. The van der Waals surface area contributed by atoms with Crippen LogP contribution in [0.2, 0.25) is 0 Å². The summed E-state index contributed by atoms with van der Waals surface area (Å²) >= 11 is 0. The third kappa shape index (κ3) is 2.94. The molecule has 1 aromatic rings. The lowest BCUT2D eigenvalue weighted by atomic mass is 10.1. The van der Waals surface area contributed by atoms with Crippen LogP contribution >= 0.6 is 0 Å². The van der Waals surface area contributed by atoms with Crippen LogP contribution in [0.3, 0.4) is 0 Å². The Kier molecular flexibility index (Phi) is 3.24. The third-order valence-electron chi connectivity index (χ3n) is 2.77. The van der Waals surface area contributed by atoms with Crippen molar-refractivity contribution in [1.29, 1.82) is 5.26 Å². The zero-order valence-electron chi connectivity index (χ0n) is 9.73. The molecule has 3 nitrogen and oxygen atoms in total. The Morgan fingerprint density at radius 2 is 2.18 bits per heavy atom. The summed E-state index contributed by atoms with van der Waals surface area (Å²) in [6.07, 6.45) is 3.69. The predicted molar refractivity (Wildman–Crippen MR) is 65.9 cm³/mol. The van der Waals surface area contributed by atoms with E-state index in [0.29, 0.717) is 0 Å². The van der Waals surface area contributed by atoms with E-state index < -0.39 is 0 Å². The molecule has 0 unspecified atom stereocenters. The largest absolute Gasteiger partial charge is 0.349 e. The van der Waals surface area contributed by atoms with Crippen LogP contribution in [-0.2, 0) is 4.79 Å². The second kappa shape index (κ2) is 4.84. The highest BCUT2D eigenvalue weighted by atomic mass is 16.1. The molecule has 1 N–H and O–H groups in total. The average Bonchev–Trinajstić information content (AvgIpc) is 3.11. The summed E-state index contributed by atoms with van der Waals surface area (Å²) in [6, 6.07) is 9.92. The van der Waals surface area contributed by atoms with Gasteiger partial charge in [0.15, 0.2) is 0 Å². The lowest BCUT2D eigenvalue weighted by Crippen LogP contribution is -2.26. The molecular formula is C14H14N2O. The van der Waals surface area contributed by atoms with Gasteiger partial charge in [0.05, 0.1) is 0 Å².